The first kappa shape index (κ1) is 19.8. The summed E-state index contributed by atoms with van der Waals surface area (Å²) in [7, 11) is 0.219. The van der Waals surface area contributed by atoms with Crippen LogP contribution >= 0.6 is 0 Å². The SMILES string of the molecule is CO[Si](C)(C)C.CO[Si](C)(C)O[Si](C)(C)OC. The Morgan fingerprint density at radius 1 is 0.529 bits per heavy atom. The van der Waals surface area contributed by atoms with E-state index in [9.17, 15) is 0 Å². The van der Waals surface area contributed by atoms with E-state index in [0.29, 0.717) is 0 Å². The van der Waals surface area contributed by atoms with Crippen molar-refractivity contribution in [3.8, 4) is 0 Å². The third-order valence-electron chi connectivity index (χ3n) is 2.09. The molecule has 0 spiro atoms. The van der Waals surface area contributed by atoms with Crippen molar-refractivity contribution in [2.75, 3.05) is 21.3 Å². The van der Waals surface area contributed by atoms with Crippen LogP contribution in [0.5, 0.6) is 0 Å². The van der Waals surface area contributed by atoms with Crippen LogP contribution in [0.25, 0.3) is 0 Å². The van der Waals surface area contributed by atoms with E-state index < -0.39 is 25.4 Å². The Balaban J connectivity index is 0. The molecule has 106 valence electrons. The molecule has 0 saturated carbocycles. The van der Waals surface area contributed by atoms with Gasteiger partial charge in [-0.25, -0.2) is 0 Å². The maximum absolute atomic E-state index is 5.76. The minimum Gasteiger partial charge on any atom is -0.421 e. The van der Waals surface area contributed by atoms with E-state index in [1.165, 1.54) is 0 Å². The molecule has 0 rings (SSSR count). The molecule has 0 amide bonds. The first-order valence-electron chi connectivity index (χ1n) is 5.75. The summed E-state index contributed by atoms with van der Waals surface area (Å²) in [6.07, 6.45) is 0. The van der Waals surface area contributed by atoms with Crippen LogP contribution in [0.15, 0.2) is 0 Å². The topological polar surface area (TPSA) is 36.9 Å². The van der Waals surface area contributed by atoms with Crippen LogP contribution in [-0.2, 0) is 17.4 Å². The van der Waals surface area contributed by atoms with Gasteiger partial charge in [0.25, 0.3) is 0 Å². The predicted octanol–water partition coefficient (Wildman–Crippen LogP) is 3.17. The highest BCUT2D eigenvalue weighted by Gasteiger charge is 2.34. The van der Waals surface area contributed by atoms with E-state index in [1.807, 2.05) is 26.2 Å². The summed E-state index contributed by atoms with van der Waals surface area (Å²) >= 11 is 0. The average Bonchev–Trinajstić information content (AvgIpc) is 2.16. The van der Waals surface area contributed by atoms with Gasteiger partial charge in [-0.3, -0.25) is 0 Å². The van der Waals surface area contributed by atoms with Crippen LogP contribution in [0.1, 0.15) is 0 Å². The van der Waals surface area contributed by atoms with Crippen molar-refractivity contribution in [2.45, 2.75) is 45.8 Å². The smallest absolute Gasteiger partial charge is 0.322 e. The molecule has 0 unspecified atom stereocenters. The van der Waals surface area contributed by atoms with E-state index in [1.54, 1.807) is 21.3 Å². The van der Waals surface area contributed by atoms with E-state index in [4.69, 9.17) is 17.4 Å². The fourth-order valence-electron chi connectivity index (χ4n) is 0.675. The molecule has 17 heavy (non-hydrogen) atoms. The van der Waals surface area contributed by atoms with Crippen molar-refractivity contribution in [1.82, 2.24) is 0 Å². The summed E-state index contributed by atoms with van der Waals surface area (Å²) < 4.78 is 21.3. The van der Waals surface area contributed by atoms with Gasteiger partial charge in [-0.1, -0.05) is 0 Å². The fourth-order valence-corrected chi connectivity index (χ4v) is 6.08. The number of hydrogen-bond donors (Lipinski definition) is 0. The molecule has 0 aliphatic rings. The second-order valence-electron chi connectivity index (χ2n) is 5.63. The lowest BCUT2D eigenvalue weighted by atomic mass is 11.8. The third kappa shape index (κ3) is 14.4. The Morgan fingerprint density at radius 3 is 0.882 bits per heavy atom. The van der Waals surface area contributed by atoms with Gasteiger partial charge < -0.3 is 17.4 Å². The van der Waals surface area contributed by atoms with Crippen molar-refractivity contribution >= 4 is 25.4 Å². The predicted molar refractivity (Wildman–Crippen MR) is 80.4 cm³/mol. The van der Waals surface area contributed by atoms with Crippen LogP contribution in [0.3, 0.4) is 0 Å². The number of rotatable bonds is 5. The van der Waals surface area contributed by atoms with Crippen LogP contribution in [-0.4, -0.2) is 46.8 Å². The van der Waals surface area contributed by atoms with Crippen molar-refractivity contribution < 1.29 is 17.4 Å². The van der Waals surface area contributed by atoms with Crippen LogP contribution in [0.4, 0.5) is 0 Å². The highest BCUT2D eigenvalue weighted by molar-refractivity contribution is 6.78. The second kappa shape index (κ2) is 7.82. The van der Waals surface area contributed by atoms with Gasteiger partial charge in [0.1, 0.15) is 0 Å². The summed E-state index contributed by atoms with van der Waals surface area (Å²) in [6, 6.07) is 0. The molecule has 0 bridgehead atoms. The first-order chi connectivity index (χ1) is 7.39. The molecule has 0 saturated heterocycles. The molecular formula is C10H30O4Si3. The Kier molecular flexibility index (Phi) is 9.12. The first-order valence-corrected chi connectivity index (χ1v) is 14.8. The summed E-state index contributed by atoms with van der Waals surface area (Å²) in [5, 5.41) is 0. The Morgan fingerprint density at radius 2 is 0.765 bits per heavy atom. The Hall–Kier alpha value is 0.491. The van der Waals surface area contributed by atoms with Crippen molar-refractivity contribution in [3.63, 3.8) is 0 Å². The maximum Gasteiger partial charge on any atom is 0.322 e. The summed E-state index contributed by atoms with van der Waals surface area (Å²) in [5.74, 6) is 0. The molecule has 0 fully saturated rings. The maximum atomic E-state index is 5.76. The molecule has 0 aliphatic heterocycles. The van der Waals surface area contributed by atoms with Gasteiger partial charge in [0.15, 0.2) is 8.32 Å². The van der Waals surface area contributed by atoms with E-state index in [-0.39, 0.29) is 0 Å². The van der Waals surface area contributed by atoms with Gasteiger partial charge >= 0.3 is 17.1 Å². The highest BCUT2D eigenvalue weighted by atomic mass is 28.5. The zero-order valence-electron chi connectivity index (χ0n) is 13.1. The lowest BCUT2D eigenvalue weighted by molar-refractivity contribution is 0.251. The highest BCUT2D eigenvalue weighted by Crippen LogP contribution is 2.14. The number of hydrogen-bond acceptors (Lipinski definition) is 4. The van der Waals surface area contributed by atoms with Gasteiger partial charge in [-0.15, -0.1) is 0 Å². The summed E-state index contributed by atoms with van der Waals surface area (Å²) in [4.78, 5) is 0. The van der Waals surface area contributed by atoms with Gasteiger partial charge in [0, 0.05) is 21.3 Å². The lowest BCUT2D eigenvalue weighted by Crippen LogP contribution is -2.47. The Bertz CT molecular complexity index is 188. The van der Waals surface area contributed by atoms with Crippen LogP contribution in [0.2, 0.25) is 45.8 Å². The minimum atomic E-state index is -1.90. The normalized spacial score (nSPS) is 13.1. The molecule has 0 heterocycles. The second-order valence-corrected chi connectivity index (χ2v) is 17.5. The van der Waals surface area contributed by atoms with E-state index in [0.717, 1.165) is 0 Å². The minimum absolute atomic E-state index is 1.13. The summed E-state index contributed by atoms with van der Waals surface area (Å²) in [5.41, 5.74) is 0. The molecule has 7 heteroatoms. The van der Waals surface area contributed by atoms with Gasteiger partial charge in [-0.2, -0.15) is 0 Å². The monoisotopic (exact) mass is 298 g/mol. The summed E-state index contributed by atoms with van der Waals surface area (Å²) in [6.45, 7) is 14.5. The Labute approximate surface area is 110 Å². The molecule has 0 aliphatic carbocycles. The fraction of sp³-hybridized carbons (Fsp3) is 1.00. The molecule has 0 aromatic heterocycles. The quantitative estimate of drug-likeness (QED) is 0.731. The molecule has 0 radical (unpaired) electrons. The van der Waals surface area contributed by atoms with Gasteiger partial charge in [0.05, 0.1) is 0 Å². The van der Waals surface area contributed by atoms with Crippen molar-refractivity contribution in [3.05, 3.63) is 0 Å². The zero-order valence-corrected chi connectivity index (χ0v) is 16.1. The largest absolute Gasteiger partial charge is 0.421 e. The average molecular weight is 299 g/mol. The molecule has 0 atom stereocenters. The molecule has 4 nitrogen and oxygen atoms in total. The van der Waals surface area contributed by atoms with E-state index in [2.05, 4.69) is 19.6 Å². The molecular weight excluding hydrogens is 268 g/mol. The van der Waals surface area contributed by atoms with Crippen molar-refractivity contribution in [1.29, 1.82) is 0 Å². The van der Waals surface area contributed by atoms with Gasteiger partial charge in [0.2, 0.25) is 0 Å². The molecule has 0 N–H and O–H groups in total. The zero-order chi connectivity index (χ0) is 14.3. The molecule has 0 aromatic carbocycles. The van der Waals surface area contributed by atoms with Crippen LogP contribution in [0, 0.1) is 0 Å². The van der Waals surface area contributed by atoms with E-state index >= 15 is 0 Å². The standard InChI is InChI=1S/C6H18O3Si2.C4H12OSi/c1-7-10(3,4)9-11(5,6)8-2;1-5-6(2,3)4/h1-6H3;1-4H3. The third-order valence-corrected chi connectivity index (χ3v) is 9.21. The lowest BCUT2D eigenvalue weighted by Gasteiger charge is -2.30. The van der Waals surface area contributed by atoms with Crippen LogP contribution < -0.4 is 0 Å². The van der Waals surface area contributed by atoms with Gasteiger partial charge in [-0.05, 0) is 45.8 Å². The molecule has 0 aromatic rings. The van der Waals surface area contributed by atoms with Crippen molar-refractivity contribution in [2.24, 2.45) is 0 Å².